The Morgan fingerprint density at radius 2 is 1.58 bits per heavy atom. The topological polar surface area (TPSA) is 115 Å². The zero-order valence-electron chi connectivity index (χ0n) is 20.7. The lowest BCUT2D eigenvalue weighted by molar-refractivity contribution is -0.136. The van der Waals surface area contributed by atoms with E-state index in [0.717, 1.165) is 11.1 Å². The molecule has 36 heavy (non-hydrogen) atoms. The average molecular weight is 490 g/mol. The van der Waals surface area contributed by atoms with E-state index < -0.39 is 17.8 Å². The minimum atomic E-state index is -0.911. The van der Waals surface area contributed by atoms with Crippen LogP contribution in [0.1, 0.15) is 34.0 Å². The number of nitrogens with one attached hydrogen (secondary N) is 2. The third-order valence-corrected chi connectivity index (χ3v) is 5.26. The van der Waals surface area contributed by atoms with E-state index in [1.165, 1.54) is 14.2 Å². The van der Waals surface area contributed by atoms with Crippen molar-refractivity contribution < 1.29 is 28.6 Å². The van der Waals surface area contributed by atoms with Crippen LogP contribution in [0.25, 0.3) is 0 Å². The van der Waals surface area contributed by atoms with Gasteiger partial charge in [-0.2, -0.15) is 5.10 Å². The Morgan fingerprint density at radius 1 is 0.806 bits per heavy atom. The summed E-state index contributed by atoms with van der Waals surface area (Å²) in [4.78, 5) is 37.0. The monoisotopic (exact) mass is 489 g/mol. The molecule has 0 heterocycles. The highest BCUT2D eigenvalue weighted by molar-refractivity contribution is 6.39. The van der Waals surface area contributed by atoms with Crippen LogP contribution in [0, 0.1) is 13.8 Å². The number of hydrogen-bond acceptors (Lipinski definition) is 7. The van der Waals surface area contributed by atoms with Crippen LogP contribution in [0.4, 0.5) is 5.69 Å². The van der Waals surface area contributed by atoms with E-state index in [4.69, 9.17) is 14.2 Å². The smallest absolute Gasteiger partial charge is 0.343 e. The van der Waals surface area contributed by atoms with Crippen molar-refractivity contribution in [2.45, 2.75) is 20.8 Å². The Morgan fingerprint density at radius 3 is 2.31 bits per heavy atom. The van der Waals surface area contributed by atoms with Gasteiger partial charge in [0.2, 0.25) is 0 Å². The van der Waals surface area contributed by atoms with Gasteiger partial charge in [-0.1, -0.05) is 18.2 Å². The quantitative estimate of drug-likeness (QED) is 0.170. The standard InChI is InChI=1S/C27H27N3O6/c1-16-9-10-17(2)22(13-16)28-25(31)26(32)30-29-18(3)19-11-12-23(24(15-19)35-5)36-27(33)20-7-6-8-21(14-20)34-4/h6-15H,1-5H3,(H,28,31)(H,30,32). The number of methoxy groups -OCH3 is 2. The van der Waals surface area contributed by atoms with Crippen LogP contribution in [0.3, 0.4) is 0 Å². The molecule has 0 aliphatic rings. The number of hydrogen-bond donors (Lipinski definition) is 2. The molecular weight excluding hydrogens is 462 g/mol. The van der Waals surface area contributed by atoms with E-state index in [9.17, 15) is 14.4 Å². The first kappa shape index (κ1) is 26.0. The number of aryl methyl sites for hydroxylation is 2. The molecule has 0 bridgehead atoms. The first-order valence-corrected chi connectivity index (χ1v) is 11.0. The van der Waals surface area contributed by atoms with E-state index in [0.29, 0.717) is 28.3 Å². The summed E-state index contributed by atoms with van der Waals surface area (Å²) in [6, 6.07) is 17.0. The number of esters is 1. The van der Waals surface area contributed by atoms with Gasteiger partial charge in [0.15, 0.2) is 11.5 Å². The van der Waals surface area contributed by atoms with Crippen LogP contribution in [0.2, 0.25) is 0 Å². The normalized spacial score (nSPS) is 10.9. The maximum atomic E-state index is 12.5. The maximum Gasteiger partial charge on any atom is 0.343 e. The Bertz CT molecular complexity index is 1330. The molecule has 9 heteroatoms. The van der Waals surface area contributed by atoms with Crippen molar-refractivity contribution >= 4 is 29.2 Å². The zero-order chi connectivity index (χ0) is 26.2. The highest BCUT2D eigenvalue weighted by Crippen LogP contribution is 2.29. The van der Waals surface area contributed by atoms with Crippen LogP contribution < -0.4 is 25.0 Å². The van der Waals surface area contributed by atoms with Crippen LogP contribution >= 0.6 is 0 Å². The molecule has 2 amide bonds. The van der Waals surface area contributed by atoms with Crippen LogP contribution in [0.15, 0.2) is 65.8 Å². The first-order valence-electron chi connectivity index (χ1n) is 11.0. The molecule has 0 aliphatic heterocycles. The molecule has 0 atom stereocenters. The molecule has 2 N–H and O–H groups in total. The second-order valence-corrected chi connectivity index (χ2v) is 7.90. The zero-order valence-corrected chi connectivity index (χ0v) is 20.7. The average Bonchev–Trinajstić information content (AvgIpc) is 2.89. The second-order valence-electron chi connectivity index (χ2n) is 7.90. The second kappa shape index (κ2) is 11.7. The lowest BCUT2D eigenvalue weighted by Crippen LogP contribution is -2.33. The summed E-state index contributed by atoms with van der Waals surface area (Å²) in [5.74, 6) is -1.30. The molecule has 0 fully saturated rings. The Hall–Kier alpha value is -4.66. The van der Waals surface area contributed by atoms with Crippen molar-refractivity contribution in [3.05, 3.63) is 82.9 Å². The van der Waals surface area contributed by atoms with Gasteiger partial charge in [0.05, 0.1) is 25.5 Å². The van der Waals surface area contributed by atoms with Gasteiger partial charge in [-0.15, -0.1) is 0 Å². The lowest BCUT2D eigenvalue weighted by Gasteiger charge is -2.12. The number of ether oxygens (including phenoxy) is 3. The van der Waals surface area contributed by atoms with Gasteiger partial charge in [0.25, 0.3) is 0 Å². The van der Waals surface area contributed by atoms with Crippen LogP contribution in [-0.4, -0.2) is 37.7 Å². The molecule has 0 unspecified atom stereocenters. The van der Waals surface area contributed by atoms with E-state index in [1.54, 1.807) is 55.5 Å². The summed E-state index contributed by atoms with van der Waals surface area (Å²) in [5.41, 5.74) is 5.91. The fraction of sp³-hybridized carbons (Fsp3) is 0.185. The molecule has 0 saturated heterocycles. The van der Waals surface area contributed by atoms with Crippen molar-refractivity contribution in [2.24, 2.45) is 5.10 Å². The van der Waals surface area contributed by atoms with E-state index in [-0.39, 0.29) is 11.5 Å². The Kier molecular flexibility index (Phi) is 8.40. The third-order valence-electron chi connectivity index (χ3n) is 5.26. The molecule has 0 spiro atoms. The first-order chi connectivity index (χ1) is 17.2. The fourth-order valence-corrected chi connectivity index (χ4v) is 3.19. The van der Waals surface area contributed by atoms with E-state index in [2.05, 4.69) is 15.8 Å². The molecule has 0 aliphatic carbocycles. The predicted molar refractivity (Wildman–Crippen MR) is 136 cm³/mol. The highest BCUT2D eigenvalue weighted by atomic mass is 16.6. The molecule has 3 aromatic carbocycles. The number of amides is 2. The van der Waals surface area contributed by atoms with Crippen LogP contribution in [-0.2, 0) is 9.59 Å². The number of rotatable bonds is 7. The van der Waals surface area contributed by atoms with Crippen molar-refractivity contribution in [3.8, 4) is 17.2 Å². The fourth-order valence-electron chi connectivity index (χ4n) is 3.19. The van der Waals surface area contributed by atoms with Crippen molar-refractivity contribution in [3.63, 3.8) is 0 Å². The molecule has 3 aromatic rings. The van der Waals surface area contributed by atoms with Gasteiger partial charge in [-0.3, -0.25) is 9.59 Å². The number of benzene rings is 3. The number of hydrazone groups is 1. The van der Waals surface area contributed by atoms with Gasteiger partial charge in [-0.25, -0.2) is 10.2 Å². The largest absolute Gasteiger partial charge is 0.497 e. The SMILES string of the molecule is COc1cccc(C(=O)Oc2ccc(C(C)=NNC(=O)C(=O)Nc3cc(C)ccc3C)cc2OC)c1. The molecule has 186 valence electrons. The molecule has 3 rings (SSSR count). The number of carbonyl (C=O) groups excluding carboxylic acids is 3. The lowest BCUT2D eigenvalue weighted by atomic mass is 10.1. The van der Waals surface area contributed by atoms with Gasteiger partial charge in [-0.05, 0) is 74.4 Å². The number of anilines is 1. The summed E-state index contributed by atoms with van der Waals surface area (Å²) in [6.07, 6.45) is 0. The van der Waals surface area contributed by atoms with Gasteiger partial charge in [0.1, 0.15) is 5.75 Å². The van der Waals surface area contributed by atoms with Crippen molar-refractivity contribution in [1.82, 2.24) is 5.43 Å². The summed E-state index contributed by atoms with van der Waals surface area (Å²) in [7, 11) is 2.95. The molecule has 0 radical (unpaired) electrons. The molecule has 0 aromatic heterocycles. The Labute approximate surface area is 209 Å². The Balaban J connectivity index is 1.68. The van der Waals surface area contributed by atoms with Gasteiger partial charge in [0, 0.05) is 11.3 Å². The van der Waals surface area contributed by atoms with Crippen LogP contribution in [0.5, 0.6) is 17.2 Å². The minimum Gasteiger partial charge on any atom is -0.497 e. The number of nitrogens with zero attached hydrogens (tertiary/aromatic N) is 1. The van der Waals surface area contributed by atoms with Crippen molar-refractivity contribution in [2.75, 3.05) is 19.5 Å². The molecule has 0 saturated carbocycles. The predicted octanol–water partition coefficient (Wildman–Crippen LogP) is 4.02. The molecule has 9 nitrogen and oxygen atoms in total. The number of carbonyl (C=O) groups is 3. The molecular formula is C27H27N3O6. The van der Waals surface area contributed by atoms with E-state index >= 15 is 0 Å². The van der Waals surface area contributed by atoms with E-state index in [1.807, 2.05) is 26.0 Å². The summed E-state index contributed by atoms with van der Waals surface area (Å²) < 4.78 is 16.0. The summed E-state index contributed by atoms with van der Waals surface area (Å²) in [6.45, 7) is 5.38. The minimum absolute atomic E-state index is 0.207. The van der Waals surface area contributed by atoms with Gasteiger partial charge >= 0.3 is 17.8 Å². The van der Waals surface area contributed by atoms with Crippen molar-refractivity contribution in [1.29, 1.82) is 0 Å². The third kappa shape index (κ3) is 6.47. The van der Waals surface area contributed by atoms with Gasteiger partial charge < -0.3 is 19.5 Å². The maximum absolute atomic E-state index is 12.5. The summed E-state index contributed by atoms with van der Waals surface area (Å²) in [5, 5.41) is 6.59. The highest BCUT2D eigenvalue weighted by Gasteiger charge is 2.16. The summed E-state index contributed by atoms with van der Waals surface area (Å²) >= 11 is 0.